The van der Waals surface area contributed by atoms with Crippen LogP contribution in [0.2, 0.25) is 0 Å². The summed E-state index contributed by atoms with van der Waals surface area (Å²) in [5.41, 5.74) is 16.0. The Labute approximate surface area is 183 Å². The topological polar surface area (TPSA) is 248 Å². The summed E-state index contributed by atoms with van der Waals surface area (Å²) in [5, 5.41) is 22.5. The van der Waals surface area contributed by atoms with Crippen molar-refractivity contribution in [1.82, 2.24) is 15.5 Å². The van der Waals surface area contributed by atoms with Crippen molar-refractivity contribution < 1.29 is 39.0 Å². The Morgan fingerprint density at radius 1 is 0.969 bits per heavy atom. The fraction of sp³-hybridized carbons (Fsp3) is 0.667. The third-order valence-electron chi connectivity index (χ3n) is 4.97. The Hall–Kier alpha value is -3.26. The third kappa shape index (κ3) is 8.11. The minimum Gasteiger partial charge on any atom is -0.480 e. The van der Waals surface area contributed by atoms with Gasteiger partial charge in [-0.1, -0.05) is 0 Å². The number of aliphatic hydroxyl groups excluding tert-OH is 1. The molecule has 1 aliphatic rings. The van der Waals surface area contributed by atoms with Crippen LogP contribution in [0.4, 0.5) is 0 Å². The van der Waals surface area contributed by atoms with Gasteiger partial charge in [0.1, 0.15) is 18.1 Å². The number of carbonyl (C=O) groups is 6. The molecule has 10 N–H and O–H groups in total. The highest BCUT2D eigenvalue weighted by Crippen LogP contribution is 2.19. The maximum absolute atomic E-state index is 12.8. The van der Waals surface area contributed by atoms with E-state index in [2.05, 4.69) is 10.6 Å². The number of hydrogen-bond acceptors (Lipinski definition) is 8. The number of aliphatic carboxylic acids is 1. The summed E-state index contributed by atoms with van der Waals surface area (Å²) < 4.78 is 0. The number of aliphatic hydroxyl groups is 1. The number of hydrogen-bond donors (Lipinski definition) is 7. The molecular formula is C18H30N6O8. The van der Waals surface area contributed by atoms with Crippen LogP contribution >= 0.6 is 0 Å². The van der Waals surface area contributed by atoms with Gasteiger partial charge in [-0.3, -0.25) is 24.0 Å². The molecule has 0 aromatic rings. The molecule has 1 fully saturated rings. The number of carboxylic acid groups (broad SMARTS) is 1. The van der Waals surface area contributed by atoms with E-state index in [9.17, 15) is 28.8 Å². The largest absolute Gasteiger partial charge is 0.480 e. The maximum atomic E-state index is 12.8. The molecule has 4 atom stereocenters. The van der Waals surface area contributed by atoms with Gasteiger partial charge in [0, 0.05) is 19.4 Å². The Morgan fingerprint density at radius 3 is 2.09 bits per heavy atom. The van der Waals surface area contributed by atoms with E-state index < -0.39 is 66.3 Å². The van der Waals surface area contributed by atoms with Crippen molar-refractivity contribution >= 4 is 35.5 Å². The lowest BCUT2D eigenvalue weighted by Gasteiger charge is -2.28. The van der Waals surface area contributed by atoms with Gasteiger partial charge in [0.15, 0.2) is 0 Å². The van der Waals surface area contributed by atoms with E-state index in [1.165, 1.54) is 4.90 Å². The summed E-state index contributed by atoms with van der Waals surface area (Å²) >= 11 is 0. The molecule has 14 heteroatoms. The number of likely N-dealkylation sites (tertiary alicyclic amines) is 1. The van der Waals surface area contributed by atoms with Gasteiger partial charge in [-0.15, -0.1) is 0 Å². The molecule has 0 saturated carbocycles. The molecular weight excluding hydrogens is 428 g/mol. The molecule has 0 aromatic heterocycles. The van der Waals surface area contributed by atoms with Crippen LogP contribution in [-0.4, -0.2) is 87.9 Å². The standard InChI is InChI=1S/C18H30N6O8/c19-9(3-5-13(20)26)17(30)24-7-1-2-12(24)16(29)22-10(4-6-14(21)27)15(28)23-11(8-25)18(31)32/h9-12,25H,1-8,19H2,(H2,20,26)(H2,21,27)(H,22,29)(H,23,28)(H,31,32). The zero-order valence-corrected chi connectivity index (χ0v) is 17.5. The molecule has 180 valence electrons. The molecule has 1 rings (SSSR count). The second kappa shape index (κ2) is 12.6. The molecule has 4 unspecified atom stereocenters. The van der Waals surface area contributed by atoms with E-state index in [0.29, 0.717) is 12.8 Å². The van der Waals surface area contributed by atoms with E-state index >= 15 is 0 Å². The summed E-state index contributed by atoms with van der Waals surface area (Å²) in [4.78, 5) is 72.2. The Morgan fingerprint density at radius 2 is 1.56 bits per heavy atom. The van der Waals surface area contributed by atoms with E-state index in [4.69, 9.17) is 27.4 Å². The Kier molecular flexibility index (Phi) is 10.5. The lowest BCUT2D eigenvalue weighted by atomic mass is 10.1. The van der Waals surface area contributed by atoms with Gasteiger partial charge >= 0.3 is 5.97 Å². The smallest absolute Gasteiger partial charge is 0.328 e. The van der Waals surface area contributed by atoms with Crippen LogP contribution < -0.4 is 27.8 Å². The van der Waals surface area contributed by atoms with Crippen LogP contribution in [0.25, 0.3) is 0 Å². The van der Waals surface area contributed by atoms with Crippen molar-refractivity contribution in [2.75, 3.05) is 13.2 Å². The molecule has 0 bridgehead atoms. The van der Waals surface area contributed by atoms with E-state index in [-0.39, 0.29) is 32.2 Å². The van der Waals surface area contributed by atoms with Crippen molar-refractivity contribution in [2.24, 2.45) is 17.2 Å². The van der Waals surface area contributed by atoms with E-state index in [1.54, 1.807) is 0 Å². The highest BCUT2D eigenvalue weighted by Gasteiger charge is 2.38. The molecule has 0 aliphatic carbocycles. The van der Waals surface area contributed by atoms with Gasteiger partial charge in [-0.2, -0.15) is 0 Å². The third-order valence-corrected chi connectivity index (χ3v) is 4.97. The van der Waals surface area contributed by atoms with Crippen LogP contribution in [0.1, 0.15) is 38.5 Å². The van der Waals surface area contributed by atoms with Gasteiger partial charge < -0.3 is 42.9 Å². The molecule has 1 heterocycles. The number of amides is 5. The average molecular weight is 458 g/mol. The minimum atomic E-state index is -1.61. The van der Waals surface area contributed by atoms with Crippen molar-refractivity contribution in [1.29, 1.82) is 0 Å². The second-order valence-electron chi connectivity index (χ2n) is 7.45. The van der Waals surface area contributed by atoms with Crippen LogP contribution in [0.15, 0.2) is 0 Å². The number of carbonyl (C=O) groups excluding carboxylic acids is 5. The van der Waals surface area contributed by atoms with E-state index in [0.717, 1.165) is 0 Å². The van der Waals surface area contributed by atoms with Gasteiger partial charge in [-0.05, 0) is 25.7 Å². The fourth-order valence-corrected chi connectivity index (χ4v) is 3.22. The summed E-state index contributed by atoms with van der Waals surface area (Å²) in [7, 11) is 0. The summed E-state index contributed by atoms with van der Waals surface area (Å²) in [6, 6.07) is -4.92. The highest BCUT2D eigenvalue weighted by atomic mass is 16.4. The van der Waals surface area contributed by atoms with Crippen LogP contribution in [-0.2, 0) is 28.8 Å². The van der Waals surface area contributed by atoms with Gasteiger partial charge in [0.05, 0.1) is 12.6 Å². The van der Waals surface area contributed by atoms with E-state index in [1.807, 2.05) is 0 Å². The zero-order valence-electron chi connectivity index (χ0n) is 17.5. The normalized spacial score (nSPS) is 18.3. The lowest BCUT2D eigenvalue weighted by molar-refractivity contribution is -0.144. The molecule has 1 saturated heterocycles. The Bertz CT molecular complexity index is 745. The lowest BCUT2D eigenvalue weighted by Crippen LogP contribution is -2.57. The van der Waals surface area contributed by atoms with Crippen molar-refractivity contribution in [3.8, 4) is 0 Å². The average Bonchev–Trinajstić information content (AvgIpc) is 3.21. The number of rotatable bonds is 13. The summed E-state index contributed by atoms with van der Waals surface area (Å²) in [6.45, 7) is -0.642. The van der Waals surface area contributed by atoms with Crippen molar-refractivity contribution in [2.45, 2.75) is 62.7 Å². The zero-order chi connectivity index (χ0) is 24.4. The first-order valence-electron chi connectivity index (χ1n) is 10.0. The van der Waals surface area contributed by atoms with Crippen LogP contribution in [0, 0.1) is 0 Å². The number of carboxylic acids is 1. The number of nitrogens with two attached hydrogens (primary N) is 3. The first kappa shape index (κ1) is 26.8. The van der Waals surface area contributed by atoms with Crippen LogP contribution in [0.3, 0.4) is 0 Å². The quantitative estimate of drug-likeness (QED) is 0.141. The predicted molar refractivity (Wildman–Crippen MR) is 108 cm³/mol. The molecule has 0 aromatic carbocycles. The highest BCUT2D eigenvalue weighted by molar-refractivity contribution is 5.94. The molecule has 5 amide bonds. The second-order valence-corrected chi connectivity index (χ2v) is 7.45. The molecule has 32 heavy (non-hydrogen) atoms. The number of nitrogens with zero attached hydrogens (tertiary/aromatic N) is 1. The van der Waals surface area contributed by atoms with Gasteiger partial charge in [0.25, 0.3) is 0 Å². The van der Waals surface area contributed by atoms with Gasteiger partial charge in [-0.25, -0.2) is 4.79 Å². The summed E-state index contributed by atoms with van der Waals surface area (Å²) in [6.07, 6.45) is 0.210. The minimum absolute atomic E-state index is 0.0143. The molecule has 14 nitrogen and oxygen atoms in total. The predicted octanol–water partition coefficient (Wildman–Crippen LogP) is -4.12. The SMILES string of the molecule is NC(=O)CCC(N)C(=O)N1CCCC1C(=O)NC(CCC(N)=O)C(=O)NC(CO)C(=O)O. The molecule has 1 aliphatic heterocycles. The first-order valence-corrected chi connectivity index (χ1v) is 10.0. The summed E-state index contributed by atoms with van der Waals surface area (Å²) in [5.74, 6) is -5.03. The fourth-order valence-electron chi connectivity index (χ4n) is 3.22. The van der Waals surface area contributed by atoms with Crippen molar-refractivity contribution in [3.05, 3.63) is 0 Å². The Balaban J connectivity index is 2.88. The molecule has 0 radical (unpaired) electrons. The molecule has 0 spiro atoms. The number of primary amides is 2. The number of nitrogens with one attached hydrogen (secondary N) is 2. The first-order chi connectivity index (χ1) is 15.0. The maximum Gasteiger partial charge on any atom is 0.328 e. The van der Waals surface area contributed by atoms with Crippen molar-refractivity contribution in [3.63, 3.8) is 0 Å². The van der Waals surface area contributed by atoms with Crippen LogP contribution in [0.5, 0.6) is 0 Å². The monoisotopic (exact) mass is 458 g/mol. The van der Waals surface area contributed by atoms with Gasteiger partial charge in [0.2, 0.25) is 29.5 Å².